The van der Waals surface area contributed by atoms with Crippen LogP contribution in [-0.2, 0) is 9.59 Å². The van der Waals surface area contributed by atoms with Gasteiger partial charge in [0.1, 0.15) is 6.04 Å². The number of amides is 2. The fourth-order valence-electron chi connectivity index (χ4n) is 1.59. The van der Waals surface area contributed by atoms with Crippen LogP contribution >= 0.6 is 12.6 Å². The summed E-state index contributed by atoms with van der Waals surface area (Å²) >= 11 is 4.24. The first kappa shape index (κ1) is 13.4. The molecule has 0 aromatic carbocycles. The fraction of sp³-hybridized carbons (Fsp3) is 0.818. The summed E-state index contributed by atoms with van der Waals surface area (Å²) in [5.41, 5.74) is 0.105. The van der Waals surface area contributed by atoms with Crippen LogP contribution < -0.4 is 10.6 Å². The van der Waals surface area contributed by atoms with Gasteiger partial charge in [0.25, 0.3) is 0 Å². The highest BCUT2D eigenvalue weighted by Crippen LogP contribution is 2.49. The van der Waals surface area contributed by atoms with Crippen LogP contribution in [0.4, 0.5) is 0 Å². The Morgan fingerprint density at radius 3 is 2.50 bits per heavy atom. The van der Waals surface area contributed by atoms with Gasteiger partial charge in [-0.15, -0.1) is 0 Å². The highest BCUT2D eigenvalue weighted by Gasteiger charge is 2.43. The van der Waals surface area contributed by atoms with Crippen molar-refractivity contribution in [2.24, 2.45) is 5.41 Å². The molecular weight excluding hydrogens is 224 g/mol. The summed E-state index contributed by atoms with van der Waals surface area (Å²) in [6.07, 6.45) is 2.62. The van der Waals surface area contributed by atoms with Crippen LogP contribution in [0, 0.1) is 5.41 Å². The molecule has 0 spiro atoms. The fourth-order valence-corrected chi connectivity index (χ4v) is 2.02. The van der Waals surface area contributed by atoms with Crippen LogP contribution in [0.5, 0.6) is 0 Å². The summed E-state index contributed by atoms with van der Waals surface area (Å²) in [6, 6.07) is -0.455. The Kier molecular flexibility index (Phi) is 4.65. The van der Waals surface area contributed by atoms with E-state index in [2.05, 4.69) is 23.3 Å². The largest absolute Gasteiger partial charge is 0.355 e. The molecule has 0 bridgehead atoms. The quantitative estimate of drug-likeness (QED) is 0.603. The molecule has 2 amide bonds. The molecule has 1 atom stereocenters. The SMILES string of the molecule is CCNC(=O)C(C)NC(=O)CC1(CS)CC1. The second-order valence-corrected chi connectivity index (χ2v) is 4.83. The molecule has 1 aliphatic carbocycles. The normalized spacial score (nSPS) is 18.7. The minimum absolute atomic E-state index is 0.0506. The van der Waals surface area contributed by atoms with E-state index in [0.29, 0.717) is 13.0 Å². The molecule has 0 aliphatic heterocycles. The predicted molar refractivity (Wildman–Crippen MR) is 66.4 cm³/mol. The molecule has 0 aromatic heterocycles. The van der Waals surface area contributed by atoms with Crippen molar-refractivity contribution >= 4 is 24.4 Å². The standard InChI is InChI=1S/C11H20N2O2S/c1-3-12-10(15)8(2)13-9(14)6-11(7-16)4-5-11/h8,16H,3-7H2,1-2H3,(H,12,15)(H,13,14). The van der Waals surface area contributed by atoms with Gasteiger partial charge in [0, 0.05) is 13.0 Å². The lowest BCUT2D eigenvalue weighted by atomic mass is 10.0. The van der Waals surface area contributed by atoms with Gasteiger partial charge in [-0.3, -0.25) is 9.59 Å². The van der Waals surface area contributed by atoms with Crippen molar-refractivity contribution in [2.45, 2.75) is 39.2 Å². The number of thiol groups is 1. The van der Waals surface area contributed by atoms with Crippen LogP contribution in [0.15, 0.2) is 0 Å². The van der Waals surface area contributed by atoms with Gasteiger partial charge in [0.15, 0.2) is 0 Å². The predicted octanol–water partition coefficient (Wildman–Crippen LogP) is 0.727. The summed E-state index contributed by atoms with van der Waals surface area (Å²) in [7, 11) is 0. The molecule has 0 radical (unpaired) electrons. The van der Waals surface area contributed by atoms with Crippen molar-refractivity contribution in [1.82, 2.24) is 10.6 Å². The third-order valence-corrected chi connectivity index (χ3v) is 3.62. The summed E-state index contributed by atoms with van der Waals surface area (Å²) in [5, 5.41) is 5.38. The maximum absolute atomic E-state index is 11.7. The Bertz CT molecular complexity index is 277. The zero-order valence-corrected chi connectivity index (χ0v) is 10.8. The molecule has 1 aliphatic rings. The van der Waals surface area contributed by atoms with E-state index in [4.69, 9.17) is 0 Å². The number of hydrogen-bond donors (Lipinski definition) is 3. The van der Waals surface area contributed by atoms with Gasteiger partial charge in [-0.25, -0.2) is 0 Å². The second-order valence-electron chi connectivity index (χ2n) is 4.52. The number of hydrogen-bond acceptors (Lipinski definition) is 3. The molecule has 1 rings (SSSR count). The number of carbonyl (C=O) groups is 2. The third kappa shape index (κ3) is 3.70. The minimum atomic E-state index is -0.455. The highest BCUT2D eigenvalue weighted by molar-refractivity contribution is 7.80. The number of nitrogens with one attached hydrogen (secondary N) is 2. The molecule has 92 valence electrons. The van der Waals surface area contributed by atoms with E-state index in [0.717, 1.165) is 18.6 Å². The van der Waals surface area contributed by atoms with Crippen LogP contribution in [0.25, 0.3) is 0 Å². The van der Waals surface area contributed by atoms with Crippen molar-refractivity contribution < 1.29 is 9.59 Å². The molecule has 1 fully saturated rings. The summed E-state index contributed by atoms with van der Waals surface area (Å²) in [5.74, 6) is 0.563. The molecular formula is C11H20N2O2S. The molecule has 0 heterocycles. The molecule has 0 saturated heterocycles. The molecule has 1 unspecified atom stereocenters. The van der Waals surface area contributed by atoms with E-state index < -0.39 is 6.04 Å². The van der Waals surface area contributed by atoms with E-state index in [1.165, 1.54) is 0 Å². The Labute approximate surface area is 102 Å². The highest BCUT2D eigenvalue weighted by atomic mass is 32.1. The molecule has 2 N–H and O–H groups in total. The van der Waals surface area contributed by atoms with E-state index in [9.17, 15) is 9.59 Å². The first-order valence-electron chi connectivity index (χ1n) is 5.71. The summed E-state index contributed by atoms with van der Waals surface area (Å²) in [4.78, 5) is 23.0. The number of carbonyl (C=O) groups excluding carboxylic acids is 2. The zero-order valence-electron chi connectivity index (χ0n) is 9.88. The summed E-state index contributed by atoms with van der Waals surface area (Å²) < 4.78 is 0. The molecule has 16 heavy (non-hydrogen) atoms. The lowest BCUT2D eigenvalue weighted by Gasteiger charge is -2.16. The van der Waals surface area contributed by atoms with Crippen molar-refractivity contribution in [3.8, 4) is 0 Å². The smallest absolute Gasteiger partial charge is 0.242 e. The van der Waals surface area contributed by atoms with Crippen molar-refractivity contribution in [1.29, 1.82) is 0 Å². The Hall–Kier alpha value is -0.710. The van der Waals surface area contributed by atoms with E-state index in [1.54, 1.807) is 6.92 Å². The maximum Gasteiger partial charge on any atom is 0.242 e. The van der Waals surface area contributed by atoms with Crippen LogP contribution in [-0.4, -0.2) is 30.2 Å². The van der Waals surface area contributed by atoms with Crippen LogP contribution in [0.1, 0.15) is 33.1 Å². The Morgan fingerprint density at radius 2 is 2.06 bits per heavy atom. The van der Waals surface area contributed by atoms with E-state index in [1.807, 2.05) is 6.92 Å². The maximum atomic E-state index is 11.7. The molecule has 0 aromatic rings. The van der Waals surface area contributed by atoms with Gasteiger partial charge >= 0.3 is 0 Å². The lowest BCUT2D eigenvalue weighted by Crippen LogP contribution is -2.45. The second kappa shape index (κ2) is 5.57. The van der Waals surface area contributed by atoms with E-state index in [-0.39, 0.29) is 17.2 Å². The third-order valence-electron chi connectivity index (χ3n) is 2.95. The monoisotopic (exact) mass is 244 g/mol. The molecule has 5 heteroatoms. The topological polar surface area (TPSA) is 58.2 Å². The number of rotatable bonds is 6. The van der Waals surface area contributed by atoms with Gasteiger partial charge in [-0.05, 0) is 37.9 Å². The first-order chi connectivity index (χ1) is 7.53. The minimum Gasteiger partial charge on any atom is -0.355 e. The average Bonchev–Trinajstić information content (AvgIpc) is 2.98. The number of likely N-dealkylation sites (N-methyl/N-ethyl adjacent to an activating group) is 1. The summed E-state index contributed by atoms with van der Waals surface area (Å²) in [6.45, 7) is 4.13. The van der Waals surface area contributed by atoms with Crippen molar-refractivity contribution in [3.63, 3.8) is 0 Å². The Balaban J connectivity index is 2.31. The Morgan fingerprint density at radius 1 is 1.44 bits per heavy atom. The van der Waals surface area contributed by atoms with Gasteiger partial charge in [0.05, 0.1) is 0 Å². The van der Waals surface area contributed by atoms with Crippen molar-refractivity contribution in [2.75, 3.05) is 12.3 Å². The molecule has 1 saturated carbocycles. The van der Waals surface area contributed by atoms with Crippen molar-refractivity contribution in [3.05, 3.63) is 0 Å². The van der Waals surface area contributed by atoms with Gasteiger partial charge in [0.2, 0.25) is 11.8 Å². The van der Waals surface area contributed by atoms with Crippen LogP contribution in [0.2, 0.25) is 0 Å². The van der Waals surface area contributed by atoms with Gasteiger partial charge in [-0.1, -0.05) is 0 Å². The van der Waals surface area contributed by atoms with E-state index >= 15 is 0 Å². The van der Waals surface area contributed by atoms with Gasteiger partial charge < -0.3 is 10.6 Å². The first-order valence-corrected chi connectivity index (χ1v) is 6.34. The average molecular weight is 244 g/mol. The lowest BCUT2D eigenvalue weighted by molar-refractivity contribution is -0.129. The molecule has 4 nitrogen and oxygen atoms in total. The van der Waals surface area contributed by atoms with Gasteiger partial charge in [-0.2, -0.15) is 12.6 Å². The zero-order chi connectivity index (χ0) is 12.2. The van der Waals surface area contributed by atoms with Crippen LogP contribution in [0.3, 0.4) is 0 Å².